The van der Waals surface area contributed by atoms with Gasteiger partial charge in [0.2, 0.25) is 0 Å². The summed E-state index contributed by atoms with van der Waals surface area (Å²) in [5, 5.41) is 8.83. The lowest BCUT2D eigenvalue weighted by molar-refractivity contribution is 0.103. The van der Waals surface area contributed by atoms with Gasteiger partial charge < -0.3 is 33.2 Å². The molecule has 0 atom stereocenters. The van der Waals surface area contributed by atoms with E-state index in [1.165, 1.54) is 59.3 Å². The smallest absolute Gasteiger partial charge is 0.193 e. The molecule has 8 aromatic carbocycles. The molecule has 428 valence electrons. The van der Waals surface area contributed by atoms with Crippen molar-refractivity contribution in [3.63, 3.8) is 0 Å². The average Bonchev–Trinajstić information content (AvgIpc) is 3.68. The minimum absolute atomic E-state index is 0.114. The molecule has 0 aliphatic carbocycles. The van der Waals surface area contributed by atoms with Crippen molar-refractivity contribution in [2.75, 3.05) is 49.8 Å². The summed E-state index contributed by atoms with van der Waals surface area (Å²) < 4.78 is 36.8. The Labute approximate surface area is 493 Å². The number of hydrogen-bond donors (Lipinski definition) is 0. The van der Waals surface area contributed by atoms with E-state index in [0.29, 0.717) is 68.1 Å². The zero-order valence-corrected chi connectivity index (χ0v) is 49.2. The third-order valence-corrected chi connectivity index (χ3v) is 12.6. The van der Waals surface area contributed by atoms with Crippen molar-refractivity contribution >= 4 is 47.4 Å². The van der Waals surface area contributed by atoms with Crippen molar-refractivity contribution in [3.8, 4) is 46.3 Å². The van der Waals surface area contributed by atoms with Crippen LogP contribution in [0.15, 0.2) is 194 Å². The van der Waals surface area contributed by atoms with Gasteiger partial charge in [0.15, 0.2) is 34.6 Å². The van der Waals surface area contributed by atoms with Crippen LogP contribution in [0.4, 0.5) is 0 Å². The largest absolute Gasteiger partial charge is 0.496 e. The maximum Gasteiger partial charge on any atom is 0.193 e. The topological polar surface area (TPSA) is 157 Å². The molecule has 0 aliphatic rings. The van der Waals surface area contributed by atoms with Crippen LogP contribution in [-0.4, -0.2) is 72.9 Å². The quantitative estimate of drug-likeness (QED) is 0.0558. The number of rotatable bonds is 19. The van der Waals surface area contributed by atoms with E-state index in [1.54, 1.807) is 123 Å². The maximum absolute atomic E-state index is 12.4. The lowest BCUT2D eigenvalue weighted by atomic mass is 10.0. The van der Waals surface area contributed by atoms with Crippen LogP contribution < -0.4 is 33.2 Å². The van der Waals surface area contributed by atoms with Crippen molar-refractivity contribution in [2.45, 2.75) is 27.7 Å². The lowest BCUT2D eigenvalue weighted by Gasteiger charge is -2.13. The van der Waals surface area contributed by atoms with Crippen molar-refractivity contribution < 1.29 is 52.3 Å². The summed E-state index contributed by atoms with van der Waals surface area (Å²) in [5.41, 5.74) is 10.6. The molecule has 0 saturated heterocycles. The fraction of sp³-hybridized carbons (Fsp3) is 0.153. The molecule has 0 aliphatic heterocycles. The highest BCUT2D eigenvalue weighted by Crippen LogP contribution is 2.35. The molecule has 12 heteroatoms. The molecule has 0 saturated carbocycles. The second-order valence-corrected chi connectivity index (χ2v) is 18.5. The van der Waals surface area contributed by atoms with Crippen molar-refractivity contribution in [2.24, 2.45) is 0 Å². The standard InChI is InChI=1S/C19H20O3.2C18H18O3.C17H13NO2/c1-13-6-5-7-15(12-13)9-11-17(20)16-10-8-14(2)18(21-3)19(16)22-4;1-13-6-4-7-14(12-13)10-11-15(19)18-16(20-2)8-5-9-17(18)21-3;1-13-7-9-14(10-8-13)11-12-15(19)18-16(20-2)5-4-6-17(18)21-3;1-20-17-8-3-2-7-15(17)16(19)10-9-13-5-4-6-14(11-13)12-18/h5-12H,1-4H3;2*4-12H,1-3H3;2-11H,1H3/b11-9+;11-10+;12-11+;10-9+. The number of hydrogen-bond acceptors (Lipinski definition) is 12. The number of carbonyl (C=O) groups is 4. The third-order valence-electron chi connectivity index (χ3n) is 12.6. The highest BCUT2D eigenvalue weighted by Gasteiger charge is 2.19. The molecule has 0 aromatic heterocycles. The van der Waals surface area contributed by atoms with E-state index in [2.05, 4.69) is 6.07 Å². The van der Waals surface area contributed by atoms with Crippen LogP contribution >= 0.6 is 0 Å². The summed E-state index contributed by atoms with van der Waals surface area (Å²) in [5.74, 6) is 3.10. The molecule has 8 rings (SSSR count). The van der Waals surface area contributed by atoms with Gasteiger partial charge >= 0.3 is 0 Å². The van der Waals surface area contributed by atoms with Gasteiger partial charge in [0.05, 0.1) is 72.5 Å². The molecular formula is C72H69NO11. The van der Waals surface area contributed by atoms with Gasteiger partial charge in [0.25, 0.3) is 0 Å². The van der Waals surface area contributed by atoms with Gasteiger partial charge in [0, 0.05) is 0 Å². The number of ether oxygens (including phenoxy) is 7. The molecule has 0 unspecified atom stereocenters. The van der Waals surface area contributed by atoms with Gasteiger partial charge in [-0.1, -0.05) is 156 Å². The van der Waals surface area contributed by atoms with E-state index in [9.17, 15) is 19.2 Å². The normalized spacial score (nSPS) is 10.5. The second kappa shape index (κ2) is 33.3. The summed E-state index contributed by atoms with van der Waals surface area (Å²) in [6.07, 6.45) is 13.2. The first-order valence-corrected chi connectivity index (χ1v) is 26.5. The number of allylic oxidation sites excluding steroid dienone is 4. The van der Waals surface area contributed by atoms with Crippen LogP contribution in [0.25, 0.3) is 24.3 Å². The summed E-state index contributed by atoms with van der Waals surface area (Å²) in [6, 6.07) is 54.3. The molecule has 0 fully saturated rings. The first-order chi connectivity index (χ1) is 40.6. The molecule has 0 amide bonds. The van der Waals surface area contributed by atoms with Crippen LogP contribution in [0.1, 0.15) is 91.5 Å². The highest BCUT2D eigenvalue weighted by atomic mass is 16.5. The van der Waals surface area contributed by atoms with E-state index in [-0.39, 0.29) is 23.1 Å². The minimum Gasteiger partial charge on any atom is -0.496 e. The number of para-hydroxylation sites is 1. The van der Waals surface area contributed by atoms with Gasteiger partial charge in [-0.15, -0.1) is 0 Å². The third kappa shape index (κ3) is 18.8. The first kappa shape index (κ1) is 64.3. The number of methoxy groups -OCH3 is 7. The van der Waals surface area contributed by atoms with Crippen LogP contribution in [0.3, 0.4) is 0 Å². The van der Waals surface area contributed by atoms with Crippen LogP contribution in [0, 0.1) is 39.0 Å². The van der Waals surface area contributed by atoms with Crippen LogP contribution in [0.5, 0.6) is 40.2 Å². The van der Waals surface area contributed by atoms with E-state index in [0.717, 1.165) is 38.9 Å². The fourth-order valence-corrected chi connectivity index (χ4v) is 8.32. The van der Waals surface area contributed by atoms with Gasteiger partial charge in [-0.2, -0.15) is 5.26 Å². The molecule has 84 heavy (non-hydrogen) atoms. The van der Waals surface area contributed by atoms with E-state index in [1.807, 2.05) is 119 Å². The average molecular weight is 1120 g/mol. The Bertz CT molecular complexity index is 3670. The van der Waals surface area contributed by atoms with Crippen molar-refractivity contribution in [1.29, 1.82) is 5.26 Å². The Morgan fingerprint density at radius 2 is 0.738 bits per heavy atom. The lowest BCUT2D eigenvalue weighted by Crippen LogP contribution is -2.02. The summed E-state index contributed by atoms with van der Waals surface area (Å²) >= 11 is 0. The highest BCUT2D eigenvalue weighted by molar-refractivity contribution is 6.12. The van der Waals surface area contributed by atoms with Gasteiger partial charge in [-0.3, -0.25) is 19.2 Å². The number of carbonyl (C=O) groups excluding carboxylic acids is 4. The van der Waals surface area contributed by atoms with Crippen LogP contribution in [0.2, 0.25) is 0 Å². The van der Waals surface area contributed by atoms with E-state index < -0.39 is 0 Å². The number of ketones is 4. The predicted octanol–water partition coefficient (Wildman–Crippen LogP) is 15.5. The molecule has 12 nitrogen and oxygen atoms in total. The fourth-order valence-electron chi connectivity index (χ4n) is 8.32. The summed E-state index contributed by atoms with van der Waals surface area (Å²) in [6.45, 7) is 7.98. The zero-order valence-electron chi connectivity index (χ0n) is 49.2. The molecular weight excluding hydrogens is 1050 g/mol. The maximum atomic E-state index is 12.4. The van der Waals surface area contributed by atoms with Gasteiger partial charge in [0.1, 0.15) is 39.9 Å². The van der Waals surface area contributed by atoms with Crippen LogP contribution in [-0.2, 0) is 0 Å². The van der Waals surface area contributed by atoms with Crippen molar-refractivity contribution in [3.05, 3.63) is 266 Å². The number of benzene rings is 8. The summed E-state index contributed by atoms with van der Waals surface area (Å²) in [4.78, 5) is 49.4. The molecule has 8 aromatic rings. The Kier molecular flexibility index (Phi) is 25.5. The molecule has 0 radical (unpaired) electrons. The van der Waals surface area contributed by atoms with Gasteiger partial charge in [-0.25, -0.2) is 0 Å². The Balaban J connectivity index is 0.000000205. The first-order valence-electron chi connectivity index (χ1n) is 26.5. The molecule has 0 spiro atoms. The predicted molar refractivity (Wildman–Crippen MR) is 335 cm³/mol. The Hall–Kier alpha value is -10.5. The molecule has 0 N–H and O–H groups in total. The molecule has 0 bridgehead atoms. The number of aryl methyl sites for hydroxylation is 4. The number of nitrogens with zero attached hydrogens (tertiary/aromatic N) is 1. The van der Waals surface area contributed by atoms with E-state index >= 15 is 0 Å². The number of nitriles is 1. The Morgan fingerprint density at radius 3 is 1.18 bits per heavy atom. The Morgan fingerprint density at radius 1 is 0.345 bits per heavy atom. The van der Waals surface area contributed by atoms with E-state index in [4.69, 9.17) is 38.4 Å². The minimum atomic E-state index is -0.148. The van der Waals surface area contributed by atoms with Gasteiger partial charge in [-0.05, 0) is 134 Å². The zero-order chi connectivity index (χ0) is 61.0. The molecule has 0 heterocycles. The SMILES string of the molecule is COc1c(C)ccc(C(=O)/C=C/c2cccc(C)c2)c1OC.COc1cccc(OC)c1C(=O)/C=C/c1ccc(C)cc1.COc1cccc(OC)c1C(=O)/C=C/c1cccc(C)c1.COc1ccccc1C(=O)/C=C/c1cccc(C#N)c1. The monoisotopic (exact) mass is 1120 g/mol. The second-order valence-electron chi connectivity index (χ2n) is 18.5. The van der Waals surface area contributed by atoms with Crippen molar-refractivity contribution in [1.82, 2.24) is 0 Å². The summed E-state index contributed by atoms with van der Waals surface area (Å²) in [7, 11) is 10.8.